The molecule has 0 aromatic heterocycles. The minimum Gasteiger partial charge on any atom is -0.375 e. The second-order valence-corrected chi connectivity index (χ2v) is 5.46. The molecule has 1 aliphatic carbocycles. The van der Waals surface area contributed by atoms with Crippen LogP contribution in [0.3, 0.4) is 0 Å². The van der Waals surface area contributed by atoms with Crippen LogP contribution < -0.4 is 0 Å². The van der Waals surface area contributed by atoms with E-state index in [4.69, 9.17) is 4.74 Å². The van der Waals surface area contributed by atoms with Crippen molar-refractivity contribution in [3.8, 4) is 0 Å². The molecule has 0 radical (unpaired) electrons. The van der Waals surface area contributed by atoms with Crippen molar-refractivity contribution < 1.29 is 13.5 Å². The molecule has 0 heterocycles. The number of allylic oxidation sites excluding steroid dienone is 1. The van der Waals surface area contributed by atoms with Gasteiger partial charge < -0.3 is 4.74 Å². The summed E-state index contributed by atoms with van der Waals surface area (Å²) < 4.78 is 32.9. The van der Waals surface area contributed by atoms with E-state index in [0.29, 0.717) is 5.56 Å². The van der Waals surface area contributed by atoms with Crippen molar-refractivity contribution >= 4 is 5.57 Å². The third-order valence-corrected chi connectivity index (χ3v) is 3.78. The molecule has 0 saturated carbocycles. The van der Waals surface area contributed by atoms with E-state index in [9.17, 15) is 8.78 Å². The molecule has 0 saturated heterocycles. The Labute approximate surface area is 119 Å². The maximum atomic E-state index is 13.7. The second kappa shape index (κ2) is 6.98. The zero-order chi connectivity index (χ0) is 14.5. The van der Waals surface area contributed by atoms with Crippen LogP contribution in [0.2, 0.25) is 0 Å². The zero-order valence-corrected chi connectivity index (χ0v) is 12.2. The fourth-order valence-electron chi connectivity index (χ4n) is 2.73. The van der Waals surface area contributed by atoms with Crippen LogP contribution in [0.4, 0.5) is 8.78 Å². The summed E-state index contributed by atoms with van der Waals surface area (Å²) in [6.45, 7) is 4.24. The van der Waals surface area contributed by atoms with Gasteiger partial charge in [-0.25, -0.2) is 8.78 Å². The van der Waals surface area contributed by atoms with Gasteiger partial charge in [-0.3, -0.25) is 0 Å². The first-order valence-corrected chi connectivity index (χ1v) is 7.40. The first-order chi connectivity index (χ1) is 9.61. The molecular weight excluding hydrogens is 258 g/mol. The highest BCUT2D eigenvalue weighted by Gasteiger charge is 2.20. The molecule has 3 heteroatoms. The van der Waals surface area contributed by atoms with E-state index in [-0.39, 0.29) is 12.2 Å². The molecule has 110 valence electrons. The third kappa shape index (κ3) is 3.66. The molecule has 0 bridgehead atoms. The standard InChI is InChI=1S/C17H22F2O/c1-3-5-12(2)20-14-10-8-13(9-11-14)15-6-4-7-16(18)17(15)19/h4,6-8,12,14H,3,5,9-11H2,1-2H3/t12-,14?/m1/s1. The fraction of sp³-hybridized carbons (Fsp3) is 0.529. The van der Waals surface area contributed by atoms with Crippen LogP contribution in [0, 0.1) is 11.6 Å². The van der Waals surface area contributed by atoms with E-state index >= 15 is 0 Å². The summed E-state index contributed by atoms with van der Waals surface area (Å²) in [5.74, 6) is -1.52. The highest BCUT2D eigenvalue weighted by molar-refractivity contribution is 5.66. The van der Waals surface area contributed by atoms with Gasteiger partial charge in [-0.1, -0.05) is 31.6 Å². The number of rotatable bonds is 5. The second-order valence-electron chi connectivity index (χ2n) is 5.46. The highest BCUT2D eigenvalue weighted by Crippen LogP contribution is 2.31. The Kier molecular flexibility index (Phi) is 5.30. The molecule has 0 fully saturated rings. The van der Waals surface area contributed by atoms with Gasteiger partial charge in [0.25, 0.3) is 0 Å². The van der Waals surface area contributed by atoms with E-state index in [1.807, 2.05) is 6.08 Å². The summed E-state index contributed by atoms with van der Waals surface area (Å²) in [5, 5.41) is 0. The van der Waals surface area contributed by atoms with Crippen molar-refractivity contribution in [2.75, 3.05) is 0 Å². The summed E-state index contributed by atoms with van der Waals surface area (Å²) in [4.78, 5) is 0. The van der Waals surface area contributed by atoms with Crippen LogP contribution >= 0.6 is 0 Å². The molecule has 2 rings (SSSR count). The highest BCUT2D eigenvalue weighted by atomic mass is 19.2. The lowest BCUT2D eigenvalue weighted by atomic mass is 9.91. The van der Waals surface area contributed by atoms with Gasteiger partial charge in [0.1, 0.15) is 0 Å². The first-order valence-electron chi connectivity index (χ1n) is 7.40. The van der Waals surface area contributed by atoms with Crippen LogP contribution in [0.25, 0.3) is 5.57 Å². The van der Waals surface area contributed by atoms with Crippen molar-refractivity contribution in [2.24, 2.45) is 0 Å². The number of ether oxygens (including phenoxy) is 1. The number of hydrogen-bond acceptors (Lipinski definition) is 1. The Morgan fingerprint density at radius 3 is 2.80 bits per heavy atom. The van der Waals surface area contributed by atoms with Gasteiger partial charge in [-0.15, -0.1) is 0 Å². The lowest BCUT2D eigenvalue weighted by Gasteiger charge is -2.26. The Bertz CT molecular complexity index is 482. The zero-order valence-electron chi connectivity index (χ0n) is 12.2. The van der Waals surface area contributed by atoms with Gasteiger partial charge in [0, 0.05) is 5.56 Å². The van der Waals surface area contributed by atoms with E-state index < -0.39 is 11.6 Å². The Balaban J connectivity index is 2.00. The quantitative estimate of drug-likeness (QED) is 0.728. The van der Waals surface area contributed by atoms with Crippen LogP contribution in [-0.4, -0.2) is 12.2 Å². The maximum absolute atomic E-state index is 13.7. The maximum Gasteiger partial charge on any atom is 0.166 e. The van der Waals surface area contributed by atoms with E-state index in [1.165, 1.54) is 0 Å². The average Bonchev–Trinajstić information content (AvgIpc) is 2.43. The van der Waals surface area contributed by atoms with E-state index in [1.54, 1.807) is 12.1 Å². The lowest BCUT2D eigenvalue weighted by Crippen LogP contribution is -2.21. The predicted molar refractivity (Wildman–Crippen MR) is 77.4 cm³/mol. The Hall–Kier alpha value is -1.22. The topological polar surface area (TPSA) is 9.23 Å². The minimum atomic E-state index is -0.779. The van der Waals surface area contributed by atoms with Gasteiger partial charge in [-0.05, 0) is 44.2 Å². The van der Waals surface area contributed by atoms with Crippen LogP contribution in [0.15, 0.2) is 24.3 Å². The molecule has 1 aromatic carbocycles. The average molecular weight is 280 g/mol. The Morgan fingerprint density at radius 2 is 2.15 bits per heavy atom. The van der Waals surface area contributed by atoms with Gasteiger partial charge in [0.05, 0.1) is 12.2 Å². The molecule has 1 aliphatic rings. The molecule has 0 aliphatic heterocycles. The van der Waals surface area contributed by atoms with Gasteiger partial charge >= 0.3 is 0 Å². The van der Waals surface area contributed by atoms with Crippen LogP contribution in [0.5, 0.6) is 0 Å². The summed E-state index contributed by atoms with van der Waals surface area (Å²) in [7, 11) is 0. The summed E-state index contributed by atoms with van der Waals surface area (Å²) in [5.41, 5.74) is 1.29. The molecule has 1 nitrogen and oxygen atoms in total. The molecular formula is C17H22F2O. The van der Waals surface area contributed by atoms with Crippen LogP contribution in [-0.2, 0) is 4.74 Å². The van der Waals surface area contributed by atoms with E-state index in [0.717, 1.165) is 43.7 Å². The molecule has 0 amide bonds. The van der Waals surface area contributed by atoms with Gasteiger partial charge in [0.15, 0.2) is 11.6 Å². The monoisotopic (exact) mass is 280 g/mol. The summed E-state index contributed by atoms with van der Waals surface area (Å²) in [6, 6.07) is 4.35. The smallest absolute Gasteiger partial charge is 0.166 e. The summed E-state index contributed by atoms with van der Waals surface area (Å²) >= 11 is 0. The molecule has 0 spiro atoms. The molecule has 1 unspecified atom stereocenters. The van der Waals surface area contributed by atoms with Crippen molar-refractivity contribution in [1.82, 2.24) is 0 Å². The van der Waals surface area contributed by atoms with E-state index in [2.05, 4.69) is 13.8 Å². The first kappa shape index (κ1) is 15.2. The number of halogens is 2. The van der Waals surface area contributed by atoms with Crippen molar-refractivity contribution in [2.45, 2.75) is 58.2 Å². The van der Waals surface area contributed by atoms with Crippen LogP contribution in [0.1, 0.15) is 51.5 Å². The largest absolute Gasteiger partial charge is 0.375 e. The van der Waals surface area contributed by atoms with Crippen molar-refractivity contribution in [1.29, 1.82) is 0 Å². The molecule has 0 N–H and O–H groups in total. The van der Waals surface area contributed by atoms with Crippen molar-refractivity contribution in [3.05, 3.63) is 41.5 Å². The fourth-order valence-corrected chi connectivity index (χ4v) is 2.73. The molecule has 1 aromatic rings. The van der Waals surface area contributed by atoms with Gasteiger partial charge in [0.2, 0.25) is 0 Å². The number of benzene rings is 1. The lowest BCUT2D eigenvalue weighted by molar-refractivity contribution is -0.00963. The van der Waals surface area contributed by atoms with Gasteiger partial charge in [-0.2, -0.15) is 0 Å². The predicted octanol–water partition coefficient (Wildman–Crippen LogP) is 5.11. The van der Waals surface area contributed by atoms with Crippen molar-refractivity contribution in [3.63, 3.8) is 0 Å². The minimum absolute atomic E-state index is 0.205. The Morgan fingerprint density at radius 1 is 1.35 bits per heavy atom. The summed E-state index contributed by atoms with van der Waals surface area (Å²) in [6.07, 6.45) is 7.03. The number of hydrogen-bond donors (Lipinski definition) is 0. The normalized spacial score (nSPS) is 20.6. The molecule has 20 heavy (non-hydrogen) atoms. The SMILES string of the molecule is CCC[C@@H](C)OC1CC=C(c2cccc(F)c2F)CC1. The third-order valence-electron chi connectivity index (χ3n) is 3.78. The molecule has 2 atom stereocenters.